The van der Waals surface area contributed by atoms with E-state index < -0.39 is 0 Å². The number of aromatic nitrogens is 2. The topological polar surface area (TPSA) is 73.8 Å². The number of hydrazone groups is 1. The second kappa shape index (κ2) is 10.7. The number of carbonyl (C=O) groups is 1. The number of fused-ring (bicyclic) bond motifs is 1. The van der Waals surface area contributed by atoms with Crippen molar-refractivity contribution in [3.63, 3.8) is 0 Å². The zero-order chi connectivity index (χ0) is 26.1. The summed E-state index contributed by atoms with van der Waals surface area (Å²) in [6.07, 6.45) is 2.62. The van der Waals surface area contributed by atoms with E-state index in [-0.39, 0.29) is 11.9 Å². The normalized spacial score (nSPS) is 18.6. The molecule has 1 amide bonds. The first-order chi connectivity index (χ1) is 18.6. The summed E-state index contributed by atoms with van der Waals surface area (Å²) < 4.78 is 6.36. The quantitative estimate of drug-likeness (QED) is 0.313. The number of amides is 1. The first kappa shape index (κ1) is 24.8. The predicted molar refractivity (Wildman–Crippen MR) is 152 cm³/mol. The van der Waals surface area contributed by atoms with E-state index in [0.29, 0.717) is 18.9 Å². The molecule has 194 valence electrons. The van der Waals surface area contributed by atoms with E-state index in [9.17, 15) is 4.79 Å². The Bertz CT molecular complexity index is 1420. The Hall–Kier alpha value is -3.49. The third-order valence-corrected chi connectivity index (χ3v) is 8.11. The maximum atomic E-state index is 13.6. The number of likely N-dealkylation sites (tertiary alicyclic amines) is 1. The molecule has 1 unspecified atom stereocenters. The van der Waals surface area contributed by atoms with Crippen molar-refractivity contribution in [2.75, 3.05) is 26.7 Å². The molecule has 8 heteroatoms. The van der Waals surface area contributed by atoms with Crippen molar-refractivity contribution < 1.29 is 9.53 Å². The summed E-state index contributed by atoms with van der Waals surface area (Å²) >= 11 is 3.51. The number of halogens is 1. The number of hydrogen-bond donors (Lipinski definition) is 1. The molecule has 3 aromatic carbocycles. The monoisotopic (exact) mass is 571 g/mol. The molecule has 1 N–H and O–H groups in total. The summed E-state index contributed by atoms with van der Waals surface area (Å²) in [5.74, 6) is 2.26. The molecule has 0 spiro atoms. The van der Waals surface area contributed by atoms with Crippen molar-refractivity contribution in [1.82, 2.24) is 19.9 Å². The molecule has 1 atom stereocenters. The third-order valence-electron chi connectivity index (χ3n) is 7.58. The lowest BCUT2D eigenvalue weighted by Gasteiger charge is -2.32. The molecule has 2 aliphatic heterocycles. The largest absolute Gasteiger partial charge is 0.497 e. The molecule has 2 aliphatic rings. The number of rotatable bonds is 6. The molecular formula is C30H30BrN5O2. The van der Waals surface area contributed by atoms with Crippen LogP contribution in [0.3, 0.4) is 0 Å². The highest BCUT2D eigenvalue weighted by Crippen LogP contribution is 2.34. The molecule has 1 aromatic heterocycles. The Morgan fingerprint density at radius 1 is 1.03 bits per heavy atom. The van der Waals surface area contributed by atoms with Gasteiger partial charge >= 0.3 is 0 Å². The van der Waals surface area contributed by atoms with Crippen LogP contribution >= 0.6 is 15.9 Å². The minimum atomic E-state index is -0.139. The van der Waals surface area contributed by atoms with Crippen LogP contribution in [-0.2, 0) is 4.79 Å². The minimum absolute atomic E-state index is 0.0279. The number of nitrogens with zero attached hydrogens (tertiary/aromatic N) is 4. The first-order valence-corrected chi connectivity index (χ1v) is 13.8. The summed E-state index contributed by atoms with van der Waals surface area (Å²) in [7, 11) is 1.66. The van der Waals surface area contributed by atoms with Crippen LogP contribution in [0, 0.1) is 0 Å². The molecule has 0 aliphatic carbocycles. The number of imidazole rings is 1. The maximum Gasteiger partial charge on any atom is 0.257 e. The van der Waals surface area contributed by atoms with Crippen molar-refractivity contribution in [3.8, 4) is 5.75 Å². The Balaban J connectivity index is 1.16. The van der Waals surface area contributed by atoms with Gasteiger partial charge in [0.1, 0.15) is 11.6 Å². The molecular weight excluding hydrogens is 542 g/mol. The average Bonchev–Trinajstić information content (AvgIpc) is 3.59. The smallest absolute Gasteiger partial charge is 0.257 e. The zero-order valence-corrected chi connectivity index (χ0v) is 22.9. The average molecular weight is 573 g/mol. The van der Waals surface area contributed by atoms with Gasteiger partial charge in [-0.15, -0.1) is 0 Å². The van der Waals surface area contributed by atoms with Gasteiger partial charge in [0.05, 0.1) is 36.4 Å². The van der Waals surface area contributed by atoms with Crippen LogP contribution < -0.4 is 4.74 Å². The maximum absolute atomic E-state index is 13.6. The van der Waals surface area contributed by atoms with Crippen molar-refractivity contribution in [2.24, 2.45) is 5.10 Å². The number of hydrogen-bond acceptors (Lipinski definition) is 5. The van der Waals surface area contributed by atoms with Gasteiger partial charge in [0.2, 0.25) is 0 Å². The van der Waals surface area contributed by atoms with Crippen molar-refractivity contribution in [1.29, 1.82) is 0 Å². The van der Waals surface area contributed by atoms with Gasteiger partial charge in [-0.3, -0.25) is 9.69 Å². The molecule has 7 nitrogen and oxygen atoms in total. The van der Waals surface area contributed by atoms with Crippen LogP contribution in [0.2, 0.25) is 0 Å². The van der Waals surface area contributed by atoms with Crippen LogP contribution in [0.1, 0.15) is 48.2 Å². The van der Waals surface area contributed by atoms with Gasteiger partial charge in [0, 0.05) is 16.8 Å². The van der Waals surface area contributed by atoms with Crippen molar-refractivity contribution in [3.05, 3.63) is 94.2 Å². The number of nitrogens with one attached hydrogen (secondary N) is 1. The fourth-order valence-electron chi connectivity index (χ4n) is 5.44. The summed E-state index contributed by atoms with van der Waals surface area (Å²) in [5, 5.41) is 6.55. The van der Waals surface area contributed by atoms with Gasteiger partial charge in [-0.1, -0.05) is 52.3 Å². The van der Waals surface area contributed by atoms with Crippen LogP contribution in [0.15, 0.2) is 82.4 Å². The molecule has 0 bridgehead atoms. The van der Waals surface area contributed by atoms with Gasteiger partial charge in [-0.2, -0.15) is 5.10 Å². The summed E-state index contributed by atoms with van der Waals surface area (Å²) in [6, 6.07) is 24.1. The molecule has 0 saturated carbocycles. The van der Waals surface area contributed by atoms with Gasteiger partial charge < -0.3 is 9.72 Å². The molecule has 1 saturated heterocycles. The van der Waals surface area contributed by atoms with E-state index >= 15 is 0 Å². The lowest BCUT2D eigenvalue weighted by atomic mass is 9.96. The second-order valence-corrected chi connectivity index (χ2v) is 10.9. The van der Waals surface area contributed by atoms with Crippen LogP contribution in [0.4, 0.5) is 0 Å². The van der Waals surface area contributed by atoms with Crippen LogP contribution in [0.25, 0.3) is 11.0 Å². The highest BCUT2D eigenvalue weighted by molar-refractivity contribution is 9.10. The number of carbonyl (C=O) groups excluding carboxylic acids is 1. The molecule has 1 fully saturated rings. The van der Waals surface area contributed by atoms with E-state index in [2.05, 4.69) is 31.9 Å². The zero-order valence-electron chi connectivity index (χ0n) is 21.3. The van der Waals surface area contributed by atoms with Crippen molar-refractivity contribution in [2.45, 2.75) is 31.2 Å². The third kappa shape index (κ3) is 5.11. The number of ether oxygens (including phenoxy) is 1. The summed E-state index contributed by atoms with van der Waals surface area (Å²) in [6.45, 7) is 2.08. The Morgan fingerprint density at radius 3 is 2.47 bits per heavy atom. The van der Waals surface area contributed by atoms with E-state index in [1.807, 2.05) is 66.7 Å². The molecule has 4 aromatic rings. The number of H-pyrrole nitrogens is 1. The first-order valence-electron chi connectivity index (χ1n) is 13.0. The summed E-state index contributed by atoms with van der Waals surface area (Å²) in [4.78, 5) is 24.2. The van der Waals surface area contributed by atoms with Gasteiger partial charge in [-0.25, -0.2) is 9.99 Å². The Labute approximate surface area is 230 Å². The van der Waals surface area contributed by atoms with Gasteiger partial charge in [-0.05, 0) is 73.5 Å². The fraction of sp³-hybridized carbons (Fsp3) is 0.300. The fourth-order valence-corrected chi connectivity index (χ4v) is 5.70. The van der Waals surface area contributed by atoms with Crippen LogP contribution in [-0.4, -0.2) is 58.2 Å². The lowest BCUT2D eigenvalue weighted by molar-refractivity contribution is -0.134. The SMILES string of the molecule is COc1ccc(C2CC(c3ccc(Br)cc3)=NN2C(=O)CN2CCC(c3nc4ccccc4[nH]3)CC2)cc1. The van der Waals surface area contributed by atoms with E-state index in [1.165, 1.54) is 0 Å². The van der Waals surface area contributed by atoms with Crippen LogP contribution in [0.5, 0.6) is 5.75 Å². The second-order valence-electron chi connectivity index (χ2n) is 9.97. The minimum Gasteiger partial charge on any atom is -0.497 e. The number of benzene rings is 3. The Kier molecular flexibility index (Phi) is 7.00. The van der Waals surface area contributed by atoms with Crippen molar-refractivity contribution >= 4 is 38.6 Å². The van der Waals surface area contributed by atoms with E-state index in [4.69, 9.17) is 14.8 Å². The molecule has 6 rings (SSSR count). The Morgan fingerprint density at radius 2 is 1.76 bits per heavy atom. The van der Waals surface area contributed by atoms with E-state index in [1.54, 1.807) is 12.1 Å². The summed E-state index contributed by atoms with van der Waals surface area (Å²) in [5.41, 5.74) is 5.11. The standard InChI is InChI=1S/C30H30BrN5O2/c1-38-24-12-8-21(9-13-24)28-18-27(20-6-10-23(31)11-7-20)34-36(28)29(37)19-35-16-14-22(15-17-35)30-32-25-4-2-3-5-26(25)33-30/h2-13,22,28H,14-19H2,1H3,(H,32,33). The van der Waals surface area contributed by atoms with E-state index in [0.717, 1.165) is 69.8 Å². The number of piperidine rings is 1. The highest BCUT2D eigenvalue weighted by atomic mass is 79.9. The number of para-hydroxylation sites is 2. The van der Waals surface area contributed by atoms with Gasteiger partial charge in [0.25, 0.3) is 5.91 Å². The lowest BCUT2D eigenvalue weighted by Crippen LogP contribution is -2.41. The number of methoxy groups -OCH3 is 1. The highest BCUT2D eigenvalue weighted by Gasteiger charge is 2.34. The molecule has 38 heavy (non-hydrogen) atoms. The number of aromatic amines is 1. The molecule has 0 radical (unpaired) electrons. The molecule has 3 heterocycles. The predicted octanol–water partition coefficient (Wildman–Crippen LogP) is 5.89. The van der Waals surface area contributed by atoms with Gasteiger partial charge in [0.15, 0.2) is 0 Å².